The van der Waals surface area contributed by atoms with E-state index < -0.39 is 0 Å². The fourth-order valence-corrected chi connectivity index (χ4v) is 1.52. The molecule has 5 nitrogen and oxygen atoms in total. The fourth-order valence-electron chi connectivity index (χ4n) is 1.52. The summed E-state index contributed by atoms with van der Waals surface area (Å²) in [5.74, 6) is 1.18. The van der Waals surface area contributed by atoms with Crippen LogP contribution in [0.15, 0.2) is 12.1 Å². The fraction of sp³-hybridized carbons (Fsp3) is 0.714. The zero-order valence-corrected chi connectivity index (χ0v) is 12.3. The lowest BCUT2D eigenvalue weighted by Crippen LogP contribution is -2.21. The van der Waals surface area contributed by atoms with E-state index in [1.165, 1.54) is 0 Å². The minimum atomic E-state index is -0.0147. The molecule has 1 heterocycles. The monoisotopic (exact) mass is 267 g/mol. The molecule has 0 saturated heterocycles. The zero-order valence-electron chi connectivity index (χ0n) is 12.3. The number of hydrogen-bond donors (Lipinski definition) is 1. The van der Waals surface area contributed by atoms with Gasteiger partial charge in [0.2, 0.25) is 5.88 Å². The van der Waals surface area contributed by atoms with Gasteiger partial charge in [0.25, 0.3) is 0 Å². The lowest BCUT2D eigenvalue weighted by Gasteiger charge is -2.13. The minimum absolute atomic E-state index is 0.0147. The summed E-state index contributed by atoms with van der Waals surface area (Å²) in [6.45, 7) is 11.2. The molecular formula is C14H25N3O2. The number of nitrogens with one attached hydrogen (secondary N) is 1. The van der Waals surface area contributed by atoms with Crippen LogP contribution in [0.5, 0.6) is 5.88 Å². The third-order valence-electron chi connectivity index (χ3n) is 2.43. The van der Waals surface area contributed by atoms with Crippen LogP contribution in [0.4, 0.5) is 0 Å². The van der Waals surface area contributed by atoms with Crippen LogP contribution in [0.25, 0.3) is 0 Å². The van der Waals surface area contributed by atoms with Crippen LogP contribution >= 0.6 is 0 Å². The van der Waals surface area contributed by atoms with Crippen molar-refractivity contribution in [3.05, 3.63) is 17.8 Å². The molecule has 0 spiro atoms. The predicted octanol–water partition coefficient (Wildman–Crippen LogP) is 2.03. The average molecular weight is 267 g/mol. The summed E-state index contributed by atoms with van der Waals surface area (Å²) in [5.41, 5.74) is 0.922. The average Bonchev–Trinajstić information content (AvgIpc) is 2.38. The van der Waals surface area contributed by atoms with E-state index in [-0.39, 0.29) is 6.10 Å². The second-order valence-corrected chi connectivity index (χ2v) is 4.98. The summed E-state index contributed by atoms with van der Waals surface area (Å²) in [7, 11) is 0. The van der Waals surface area contributed by atoms with Crippen molar-refractivity contribution in [3.8, 4) is 5.88 Å². The molecule has 1 aromatic heterocycles. The van der Waals surface area contributed by atoms with E-state index in [0.29, 0.717) is 25.0 Å². The van der Waals surface area contributed by atoms with Crippen molar-refractivity contribution in [1.82, 2.24) is 15.5 Å². The molecule has 108 valence electrons. The van der Waals surface area contributed by atoms with Crippen molar-refractivity contribution in [2.45, 2.75) is 40.3 Å². The quantitative estimate of drug-likeness (QED) is 0.742. The largest absolute Gasteiger partial charge is 0.471 e. The first-order valence-electron chi connectivity index (χ1n) is 6.89. The van der Waals surface area contributed by atoms with Crippen molar-refractivity contribution < 1.29 is 9.47 Å². The van der Waals surface area contributed by atoms with Crippen molar-refractivity contribution in [3.63, 3.8) is 0 Å². The van der Waals surface area contributed by atoms with Crippen LogP contribution < -0.4 is 10.1 Å². The first-order valence-corrected chi connectivity index (χ1v) is 6.89. The van der Waals surface area contributed by atoms with Crippen LogP contribution in [-0.2, 0) is 11.3 Å². The van der Waals surface area contributed by atoms with Gasteiger partial charge in [-0.2, -0.15) is 5.10 Å². The van der Waals surface area contributed by atoms with Crippen molar-refractivity contribution >= 4 is 0 Å². The molecule has 1 N–H and O–H groups in total. The minimum Gasteiger partial charge on any atom is -0.471 e. The van der Waals surface area contributed by atoms with E-state index in [2.05, 4.69) is 29.4 Å². The number of rotatable bonds is 9. The molecule has 0 saturated carbocycles. The van der Waals surface area contributed by atoms with Gasteiger partial charge < -0.3 is 14.8 Å². The standard InChI is InChI=1S/C14H25N3O2/c1-5-18-10-12(4)19-14-7-6-13(16-17-14)9-15-8-11(2)3/h6-7,11-12,15H,5,8-10H2,1-4H3. The highest BCUT2D eigenvalue weighted by Gasteiger charge is 2.05. The summed E-state index contributed by atoms with van der Waals surface area (Å²) >= 11 is 0. The van der Waals surface area contributed by atoms with Crippen LogP contribution in [0.3, 0.4) is 0 Å². The Morgan fingerprint density at radius 1 is 1.21 bits per heavy atom. The van der Waals surface area contributed by atoms with Gasteiger partial charge in [-0.15, -0.1) is 5.10 Å². The maximum atomic E-state index is 5.60. The second-order valence-electron chi connectivity index (χ2n) is 4.98. The summed E-state index contributed by atoms with van der Waals surface area (Å²) in [5, 5.41) is 11.5. The molecule has 0 fully saturated rings. The molecule has 0 radical (unpaired) electrons. The molecule has 5 heteroatoms. The van der Waals surface area contributed by atoms with Gasteiger partial charge >= 0.3 is 0 Å². The highest BCUT2D eigenvalue weighted by atomic mass is 16.5. The molecule has 0 bridgehead atoms. The summed E-state index contributed by atoms with van der Waals surface area (Å²) in [6, 6.07) is 3.78. The van der Waals surface area contributed by atoms with Gasteiger partial charge in [0.1, 0.15) is 6.10 Å². The Hall–Kier alpha value is -1.20. The highest BCUT2D eigenvalue weighted by Crippen LogP contribution is 2.07. The maximum absolute atomic E-state index is 5.60. The van der Waals surface area contributed by atoms with Gasteiger partial charge in [0.05, 0.1) is 12.3 Å². The Bertz CT molecular complexity index is 341. The summed E-state index contributed by atoms with van der Waals surface area (Å²) in [4.78, 5) is 0. The van der Waals surface area contributed by atoms with Gasteiger partial charge in [-0.3, -0.25) is 0 Å². The zero-order chi connectivity index (χ0) is 14.1. The second kappa shape index (κ2) is 8.82. The van der Waals surface area contributed by atoms with Gasteiger partial charge in [0.15, 0.2) is 0 Å². The number of hydrogen-bond acceptors (Lipinski definition) is 5. The van der Waals surface area contributed by atoms with E-state index in [1.807, 2.05) is 26.0 Å². The molecule has 0 amide bonds. The van der Waals surface area contributed by atoms with Crippen LogP contribution in [-0.4, -0.2) is 36.1 Å². The number of nitrogens with zero attached hydrogens (tertiary/aromatic N) is 2. The van der Waals surface area contributed by atoms with E-state index >= 15 is 0 Å². The molecule has 0 aromatic carbocycles. The SMILES string of the molecule is CCOCC(C)Oc1ccc(CNCC(C)C)nn1. The smallest absolute Gasteiger partial charge is 0.233 e. The van der Waals surface area contributed by atoms with Crippen molar-refractivity contribution in [2.75, 3.05) is 19.8 Å². The molecule has 19 heavy (non-hydrogen) atoms. The molecule has 0 aliphatic heterocycles. The Morgan fingerprint density at radius 2 is 2.00 bits per heavy atom. The lowest BCUT2D eigenvalue weighted by atomic mass is 10.2. The summed E-state index contributed by atoms with van der Waals surface area (Å²) in [6.07, 6.45) is -0.0147. The molecule has 1 unspecified atom stereocenters. The van der Waals surface area contributed by atoms with Crippen molar-refractivity contribution in [2.24, 2.45) is 5.92 Å². The Labute approximate surface area is 115 Å². The third-order valence-corrected chi connectivity index (χ3v) is 2.43. The van der Waals surface area contributed by atoms with Gasteiger partial charge in [-0.1, -0.05) is 13.8 Å². The van der Waals surface area contributed by atoms with Crippen LogP contribution in [0.1, 0.15) is 33.4 Å². The summed E-state index contributed by atoms with van der Waals surface area (Å²) < 4.78 is 10.9. The van der Waals surface area contributed by atoms with E-state index in [4.69, 9.17) is 9.47 Å². The molecule has 1 rings (SSSR count). The van der Waals surface area contributed by atoms with Gasteiger partial charge in [-0.05, 0) is 32.4 Å². The first-order chi connectivity index (χ1) is 9.11. The topological polar surface area (TPSA) is 56.3 Å². The molecule has 1 atom stereocenters. The van der Waals surface area contributed by atoms with Crippen molar-refractivity contribution in [1.29, 1.82) is 0 Å². The maximum Gasteiger partial charge on any atom is 0.233 e. The molecule has 0 aliphatic carbocycles. The van der Waals surface area contributed by atoms with E-state index in [9.17, 15) is 0 Å². The Morgan fingerprint density at radius 3 is 2.58 bits per heavy atom. The molecule has 0 aliphatic rings. The van der Waals surface area contributed by atoms with Gasteiger partial charge in [0, 0.05) is 19.2 Å². The van der Waals surface area contributed by atoms with E-state index in [1.54, 1.807) is 0 Å². The Kier molecular flexibility index (Phi) is 7.36. The van der Waals surface area contributed by atoms with Crippen LogP contribution in [0, 0.1) is 5.92 Å². The Balaban J connectivity index is 2.34. The molecular weight excluding hydrogens is 242 g/mol. The normalized spacial score (nSPS) is 12.7. The lowest BCUT2D eigenvalue weighted by molar-refractivity contribution is 0.0628. The van der Waals surface area contributed by atoms with E-state index in [0.717, 1.165) is 18.8 Å². The molecule has 1 aromatic rings. The van der Waals surface area contributed by atoms with Gasteiger partial charge in [-0.25, -0.2) is 0 Å². The third kappa shape index (κ3) is 7.08. The van der Waals surface area contributed by atoms with Crippen LogP contribution in [0.2, 0.25) is 0 Å². The number of aromatic nitrogens is 2. The highest BCUT2D eigenvalue weighted by molar-refractivity contribution is 5.11. The predicted molar refractivity (Wildman–Crippen MR) is 75.2 cm³/mol. The number of ether oxygens (including phenoxy) is 2. The first kappa shape index (κ1) is 15.9.